The number of ketones is 1. The summed E-state index contributed by atoms with van der Waals surface area (Å²) in [6.07, 6.45) is 3.54. The van der Waals surface area contributed by atoms with Gasteiger partial charge < -0.3 is 15.0 Å². The van der Waals surface area contributed by atoms with Crippen molar-refractivity contribution in [1.29, 1.82) is 0 Å². The Bertz CT molecular complexity index is 1120. The average Bonchev–Trinajstić information content (AvgIpc) is 3.08. The SMILES string of the molecule is C[C@@H]1CC(C)(C)C[C@@]2(C1)NC(=O)N(CC(=O)OCC(=O)/C=C1/N(C)c3ccccc3C1(C)C)C2=O. The molecule has 8 nitrogen and oxygen atoms in total. The van der Waals surface area contributed by atoms with E-state index in [1.807, 2.05) is 50.1 Å². The lowest BCUT2D eigenvalue weighted by atomic mass is 9.64. The number of carbonyl (C=O) groups is 4. The molecule has 2 heterocycles. The van der Waals surface area contributed by atoms with Crippen LogP contribution in [0.1, 0.15) is 59.4 Å². The molecule has 1 spiro atoms. The standard InChI is InChI=1S/C27H35N3O5/c1-17-12-25(2,3)16-27(13-17)23(33)30(24(34)28-27)14-22(32)35-15-18(31)11-21-26(4,5)19-9-7-8-10-20(19)29(21)6/h7-11,17H,12-16H2,1-6H3,(H,28,34)/b21-11+/t17-,27-/m1/s1. The summed E-state index contributed by atoms with van der Waals surface area (Å²) in [5.74, 6) is -1.27. The molecule has 1 N–H and O–H groups in total. The fraction of sp³-hybridized carbons (Fsp3) is 0.556. The van der Waals surface area contributed by atoms with Crippen molar-refractivity contribution in [2.24, 2.45) is 11.3 Å². The second-order valence-electron chi connectivity index (χ2n) is 11.6. The number of para-hydroxylation sites is 1. The van der Waals surface area contributed by atoms with E-state index in [-0.39, 0.29) is 28.4 Å². The molecule has 0 unspecified atom stereocenters. The van der Waals surface area contributed by atoms with Crippen LogP contribution in [-0.4, -0.2) is 54.3 Å². The van der Waals surface area contributed by atoms with Crippen LogP contribution in [0.4, 0.5) is 10.5 Å². The van der Waals surface area contributed by atoms with Crippen LogP contribution in [0.2, 0.25) is 0 Å². The van der Waals surface area contributed by atoms with E-state index in [4.69, 9.17) is 4.74 Å². The molecule has 188 valence electrons. The van der Waals surface area contributed by atoms with Crippen LogP contribution in [0, 0.1) is 11.3 Å². The van der Waals surface area contributed by atoms with E-state index in [1.165, 1.54) is 6.08 Å². The summed E-state index contributed by atoms with van der Waals surface area (Å²) in [6.45, 7) is 9.36. The Balaban J connectivity index is 1.38. The number of fused-ring (bicyclic) bond motifs is 1. The quantitative estimate of drug-likeness (QED) is 0.393. The molecule has 35 heavy (non-hydrogen) atoms. The van der Waals surface area contributed by atoms with E-state index in [9.17, 15) is 19.2 Å². The highest BCUT2D eigenvalue weighted by molar-refractivity contribution is 6.09. The van der Waals surface area contributed by atoms with E-state index < -0.39 is 30.7 Å². The summed E-state index contributed by atoms with van der Waals surface area (Å²) in [5.41, 5.74) is 1.51. The van der Waals surface area contributed by atoms with E-state index >= 15 is 0 Å². The number of allylic oxidation sites excluding steroid dienone is 1. The number of esters is 1. The smallest absolute Gasteiger partial charge is 0.326 e. The number of hydrogen-bond donors (Lipinski definition) is 1. The highest BCUT2D eigenvalue weighted by Crippen LogP contribution is 2.47. The number of imide groups is 1. The molecule has 3 aliphatic rings. The van der Waals surface area contributed by atoms with Crippen molar-refractivity contribution in [2.45, 2.75) is 64.8 Å². The number of nitrogens with zero attached hydrogens (tertiary/aromatic N) is 2. The Morgan fingerprint density at radius 3 is 2.49 bits per heavy atom. The lowest BCUT2D eigenvalue weighted by molar-refractivity contribution is -0.150. The van der Waals surface area contributed by atoms with Crippen molar-refractivity contribution in [3.63, 3.8) is 0 Å². The molecule has 1 saturated heterocycles. The van der Waals surface area contributed by atoms with Gasteiger partial charge >= 0.3 is 12.0 Å². The summed E-state index contributed by atoms with van der Waals surface area (Å²) in [7, 11) is 1.90. The van der Waals surface area contributed by atoms with E-state index in [0.717, 1.165) is 28.3 Å². The van der Waals surface area contributed by atoms with Crippen LogP contribution < -0.4 is 10.2 Å². The van der Waals surface area contributed by atoms with E-state index in [2.05, 4.69) is 26.1 Å². The Kier molecular flexibility index (Phi) is 6.06. The number of urea groups is 1. The highest BCUT2D eigenvalue weighted by atomic mass is 16.5. The fourth-order valence-electron chi connectivity index (χ4n) is 6.43. The summed E-state index contributed by atoms with van der Waals surface area (Å²) in [4.78, 5) is 53.8. The van der Waals surface area contributed by atoms with E-state index in [1.54, 1.807) is 0 Å². The van der Waals surface area contributed by atoms with Gasteiger partial charge in [0.05, 0.1) is 0 Å². The van der Waals surface area contributed by atoms with E-state index in [0.29, 0.717) is 12.8 Å². The number of ether oxygens (including phenoxy) is 1. The van der Waals surface area contributed by atoms with Gasteiger partial charge in [0, 0.05) is 29.9 Å². The molecular formula is C27H35N3O5. The molecule has 8 heteroatoms. The van der Waals surface area contributed by atoms with Gasteiger partial charge in [-0.05, 0) is 42.2 Å². The van der Waals surface area contributed by atoms with Gasteiger partial charge in [0.25, 0.3) is 5.91 Å². The van der Waals surface area contributed by atoms with Crippen molar-refractivity contribution in [3.8, 4) is 0 Å². The Morgan fingerprint density at radius 1 is 1.14 bits per heavy atom. The number of benzene rings is 1. The molecule has 1 saturated carbocycles. The van der Waals surface area contributed by atoms with Crippen LogP contribution >= 0.6 is 0 Å². The molecule has 2 aliphatic heterocycles. The minimum Gasteiger partial charge on any atom is -0.456 e. The van der Waals surface area contributed by atoms with Crippen molar-refractivity contribution in [3.05, 3.63) is 41.6 Å². The highest BCUT2D eigenvalue weighted by Gasteiger charge is 2.56. The van der Waals surface area contributed by atoms with Gasteiger partial charge in [0.2, 0.25) is 0 Å². The zero-order valence-electron chi connectivity index (χ0n) is 21.4. The Morgan fingerprint density at radius 2 is 1.83 bits per heavy atom. The van der Waals surface area contributed by atoms with Gasteiger partial charge in [0.1, 0.15) is 12.1 Å². The molecule has 1 aromatic rings. The number of likely N-dealkylation sites (N-methyl/N-ethyl adjacent to an activating group) is 1. The molecule has 0 aromatic heterocycles. The summed E-state index contributed by atoms with van der Waals surface area (Å²) < 4.78 is 5.17. The zero-order valence-corrected chi connectivity index (χ0v) is 21.4. The lowest BCUT2D eigenvalue weighted by Crippen LogP contribution is -2.54. The molecular weight excluding hydrogens is 446 g/mol. The number of rotatable bonds is 5. The molecule has 3 amide bonds. The molecule has 2 atom stereocenters. The minimum atomic E-state index is -0.980. The van der Waals surface area contributed by atoms with Gasteiger partial charge in [-0.3, -0.25) is 19.3 Å². The van der Waals surface area contributed by atoms with Gasteiger partial charge in [-0.25, -0.2) is 4.79 Å². The van der Waals surface area contributed by atoms with Crippen molar-refractivity contribution in [2.75, 3.05) is 25.1 Å². The van der Waals surface area contributed by atoms with Gasteiger partial charge in [-0.2, -0.15) is 0 Å². The average molecular weight is 482 g/mol. The summed E-state index contributed by atoms with van der Waals surface area (Å²) >= 11 is 0. The van der Waals surface area contributed by atoms with Crippen molar-refractivity contribution in [1.82, 2.24) is 10.2 Å². The third kappa shape index (κ3) is 4.46. The van der Waals surface area contributed by atoms with Crippen molar-refractivity contribution < 1.29 is 23.9 Å². The topological polar surface area (TPSA) is 96.0 Å². The first kappa shape index (κ1) is 24.9. The normalized spacial score (nSPS) is 27.8. The predicted octanol–water partition coefficient (Wildman–Crippen LogP) is 3.55. The minimum absolute atomic E-state index is 0.0993. The maximum atomic E-state index is 13.2. The Hall–Kier alpha value is -3.16. The van der Waals surface area contributed by atoms with Crippen molar-refractivity contribution >= 4 is 29.4 Å². The van der Waals surface area contributed by atoms with Gasteiger partial charge in [0.15, 0.2) is 12.4 Å². The zero-order chi connectivity index (χ0) is 25.8. The summed E-state index contributed by atoms with van der Waals surface area (Å²) in [5, 5.41) is 2.84. The number of anilines is 1. The summed E-state index contributed by atoms with van der Waals surface area (Å²) in [6, 6.07) is 7.37. The first-order valence-electron chi connectivity index (χ1n) is 12.1. The van der Waals surface area contributed by atoms with Crippen LogP contribution in [0.3, 0.4) is 0 Å². The van der Waals surface area contributed by atoms with Crippen LogP contribution in [0.5, 0.6) is 0 Å². The number of hydrogen-bond acceptors (Lipinski definition) is 6. The number of nitrogens with one attached hydrogen (secondary N) is 1. The van der Waals surface area contributed by atoms with Crippen LogP contribution in [0.15, 0.2) is 36.0 Å². The maximum Gasteiger partial charge on any atom is 0.326 e. The maximum absolute atomic E-state index is 13.2. The first-order chi connectivity index (χ1) is 16.3. The molecule has 0 bridgehead atoms. The third-order valence-corrected chi connectivity index (χ3v) is 7.52. The second-order valence-corrected chi connectivity index (χ2v) is 11.6. The molecule has 2 fully saturated rings. The van der Waals surface area contributed by atoms with Gasteiger partial charge in [-0.15, -0.1) is 0 Å². The molecule has 4 rings (SSSR count). The number of carbonyl (C=O) groups excluding carboxylic acids is 4. The lowest BCUT2D eigenvalue weighted by Gasteiger charge is -2.43. The monoisotopic (exact) mass is 481 g/mol. The first-order valence-corrected chi connectivity index (χ1v) is 12.1. The fourth-order valence-corrected chi connectivity index (χ4v) is 6.43. The second kappa shape index (κ2) is 8.50. The predicted molar refractivity (Wildman–Crippen MR) is 132 cm³/mol. The Labute approximate surface area is 206 Å². The molecule has 0 radical (unpaired) electrons. The number of amides is 3. The molecule has 1 aromatic carbocycles. The largest absolute Gasteiger partial charge is 0.456 e. The van der Waals surface area contributed by atoms with Crippen LogP contribution in [0.25, 0.3) is 0 Å². The molecule has 1 aliphatic carbocycles. The van der Waals surface area contributed by atoms with Crippen LogP contribution in [-0.2, 0) is 24.5 Å². The third-order valence-electron chi connectivity index (χ3n) is 7.52. The van der Waals surface area contributed by atoms with Gasteiger partial charge in [-0.1, -0.05) is 52.8 Å².